The highest BCUT2D eigenvalue weighted by Gasteiger charge is 2.22. The quantitative estimate of drug-likeness (QED) is 0.866. The Morgan fingerprint density at radius 1 is 1.14 bits per heavy atom. The molecule has 0 atom stereocenters. The first-order valence-corrected chi connectivity index (χ1v) is 9.89. The highest BCUT2D eigenvalue weighted by Crippen LogP contribution is 2.33. The second kappa shape index (κ2) is 5.94. The van der Waals surface area contributed by atoms with Gasteiger partial charge >= 0.3 is 0 Å². The van der Waals surface area contributed by atoms with E-state index in [1.54, 1.807) is 0 Å². The minimum Gasteiger partial charge on any atom is -0.492 e. The van der Waals surface area contributed by atoms with Gasteiger partial charge in [0.2, 0.25) is 10.0 Å². The summed E-state index contributed by atoms with van der Waals surface area (Å²) in [5.74, 6) is 0.353. The van der Waals surface area contributed by atoms with Crippen molar-refractivity contribution >= 4 is 19.9 Å². The van der Waals surface area contributed by atoms with E-state index in [-0.39, 0.29) is 22.7 Å². The maximum atomic E-state index is 11.4. The predicted octanol–water partition coefficient (Wildman–Crippen LogP) is 1.05. The number of sulfonamides is 1. The molecule has 0 amide bonds. The van der Waals surface area contributed by atoms with Crippen LogP contribution in [0.1, 0.15) is 26.3 Å². The molecule has 0 bridgehead atoms. The van der Waals surface area contributed by atoms with Crippen LogP contribution in [0.2, 0.25) is 0 Å². The number of rotatable bonds is 5. The molecular formula is C13H21NO5S2. The molecule has 0 aliphatic rings. The van der Waals surface area contributed by atoms with Crippen LogP contribution in [0.5, 0.6) is 5.75 Å². The fraction of sp³-hybridized carbons (Fsp3) is 0.538. The largest absolute Gasteiger partial charge is 0.492 e. The molecule has 1 aromatic rings. The molecule has 2 N–H and O–H groups in total. The van der Waals surface area contributed by atoms with E-state index >= 15 is 0 Å². The number of nitrogens with two attached hydrogens (primary N) is 1. The third kappa shape index (κ3) is 5.64. The van der Waals surface area contributed by atoms with E-state index < -0.39 is 19.9 Å². The lowest BCUT2D eigenvalue weighted by Gasteiger charge is -2.23. The molecule has 0 spiro atoms. The summed E-state index contributed by atoms with van der Waals surface area (Å²) < 4.78 is 50.6. The van der Waals surface area contributed by atoms with E-state index in [2.05, 4.69) is 0 Å². The van der Waals surface area contributed by atoms with Crippen LogP contribution in [-0.4, -0.2) is 35.5 Å². The SMILES string of the molecule is CC(C)(C)c1cc(S(N)(=O)=O)ccc1OCCS(C)(=O)=O. The zero-order valence-corrected chi connectivity index (χ0v) is 14.2. The van der Waals surface area contributed by atoms with E-state index in [9.17, 15) is 16.8 Å². The minimum absolute atomic E-state index is 0.00267. The van der Waals surface area contributed by atoms with Crippen molar-refractivity contribution in [2.75, 3.05) is 18.6 Å². The summed E-state index contributed by atoms with van der Waals surface area (Å²) in [6, 6.07) is 4.31. The highest BCUT2D eigenvalue weighted by atomic mass is 32.2. The van der Waals surface area contributed by atoms with Crippen molar-refractivity contribution < 1.29 is 21.6 Å². The standard InChI is InChI=1S/C13H21NO5S2/c1-13(2,3)11-9-10(21(14,17)18)5-6-12(11)19-7-8-20(4,15)16/h5-6,9H,7-8H2,1-4H3,(H2,14,17,18). The van der Waals surface area contributed by atoms with Crippen LogP contribution in [-0.2, 0) is 25.3 Å². The monoisotopic (exact) mass is 335 g/mol. The first-order chi connectivity index (χ1) is 9.31. The first kappa shape index (κ1) is 17.9. The van der Waals surface area contributed by atoms with Gasteiger partial charge in [0, 0.05) is 11.8 Å². The summed E-state index contributed by atoms with van der Waals surface area (Å²) in [4.78, 5) is 0.00267. The van der Waals surface area contributed by atoms with Gasteiger partial charge < -0.3 is 4.74 Å². The topological polar surface area (TPSA) is 104 Å². The molecule has 0 saturated heterocycles. The molecule has 0 aliphatic carbocycles. The van der Waals surface area contributed by atoms with Gasteiger partial charge in [-0.05, 0) is 23.6 Å². The van der Waals surface area contributed by atoms with Gasteiger partial charge in [0.05, 0.1) is 10.6 Å². The maximum absolute atomic E-state index is 11.4. The van der Waals surface area contributed by atoms with Gasteiger partial charge in [0.15, 0.2) is 9.84 Å². The Morgan fingerprint density at radius 3 is 2.14 bits per heavy atom. The van der Waals surface area contributed by atoms with Crippen LogP contribution >= 0.6 is 0 Å². The second-order valence-corrected chi connectivity index (χ2v) is 9.75. The Hall–Kier alpha value is -1.12. The van der Waals surface area contributed by atoms with Gasteiger partial charge in [0.25, 0.3) is 0 Å². The zero-order valence-electron chi connectivity index (χ0n) is 12.6. The lowest BCUT2D eigenvalue weighted by Crippen LogP contribution is -2.19. The number of benzene rings is 1. The van der Waals surface area contributed by atoms with E-state index in [4.69, 9.17) is 9.88 Å². The lowest BCUT2D eigenvalue weighted by atomic mass is 9.86. The Morgan fingerprint density at radius 2 is 1.71 bits per heavy atom. The van der Waals surface area contributed by atoms with Gasteiger partial charge in [0.1, 0.15) is 12.4 Å². The van der Waals surface area contributed by atoms with Crippen molar-refractivity contribution in [2.24, 2.45) is 5.14 Å². The summed E-state index contributed by atoms with van der Waals surface area (Å²) in [6.07, 6.45) is 1.13. The van der Waals surface area contributed by atoms with Crippen molar-refractivity contribution in [2.45, 2.75) is 31.1 Å². The summed E-state index contributed by atoms with van der Waals surface area (Å²) in [6.45, 7) is 5.71. The first-order valence-electron chi connectivity index (χ1n) is 6.28. The molecule has 0 aliphatic heterocycles. The third-order valence-corrected chi connectivity index (χ3v) is 4.62. The highest BCUT2D eigenvalue weighted by molar-refractivity contribution is 7.90. The van der Waals surface area contributed by atoms with E-state index in [1.807, 2.05) is 20.8 Å². The van der Waals surface area contributed by atoms with Gasteiger partial charge in [-0.25, -0.2) is 22.0 Å². The molecule has 8 heteroatoms. The average molecular weight is 335 g/mol. The van der Waals surface area contributed by atoms with Crippen molar-refractivity contribution in [3.63, 3.8) is 0 Å². The van der Waals surface area contributed by atoms with Crippen LogP contribution in [0.4, 0.5) is 0 Å². The molecule has 0 radical (unpaired) electrons. The molecule has 0 saturated carbocycles. The molecule has 21 heavy (non-hydrogen) atoms. The second-order valence-electron chi connectivity index (χ2n) is 5.93. The smallest absolute Gasteiger partial charge is 0.238 e. The molecule has 0 fully saturated rings. The summed E-state index contributed by atoms with van der Waals surface area (Å²) in [5, 5.41) is 5.13. The molecule has 1 aromatic carbocycles. The Labute approximate surface area is 126 Å². The third-order valence-electron chi connectivity index (χ3n) is 2.80. The number of sulfone groups is 1. The molecule has 0 heterocycles. The molecular weight excluding hydrogens is 314 g/mol. The van der Waals surface area contributed by atoms with Crippen molar-refractivity contribution in [1.29, 1.82) is 0 Å². The van der Waals surface area contributed by atoms with Gasteiger partial charge in [-0.3, -0.25) is 0 Å². The summed E-state index contributed by atoms with van der Waals surface area (Å²) >= 11 is 0. The Bertz CT molecular complexity index is 715. The van der Waals surface area contributed by atoms with E-state index in [0.717, 1.165) is 6.26 Å². The molecule has 120 valence electrons. The Kier molecular flexibility index (Phi) is 5.07. The minimum atomic E-state index is -3.80. The van der Waals surface area contributed by atoms with Crippen LogP contribution in [0, 0.1) is 0 Å². The predicted molar refractivity (Wildman–Crippen MR) is 81.7 cm³/mol. The fourth-order valence-electron chi connectivity index (χ4n) is 1.70. The molecule has 1 rings (SSSR count). The average Bonchev–Trinajstić information content (AvgIpc) is 2.24. The molecule has 6 nitrogen and oxygen atoms in total. The van der Waals surface area contributed by atoms with Crippen LogP contribution in [0.25, 0.3) is 0 Å². The molecule has 0 unspecified atom stereocenters. The van der Waals surface area contributed by atoms with E-state index in [0.29, 0.717) is 11.3 Å². The number of primary sulfonamides is 1. The van der Waals surface area contributed by atoms with Gasteiger partial charge in [-0.2, -0.15) is 0 Å². The Balaban J connectivity index is 3.15. The van der Waals surface area contributed by atoms with Crippen LogP contribution in [0.3, 0.4) is 0 Å². The number of hydrogen-bond acceptors (Lipinski definition) is 5. The van der Waals surface area contributed by atoms with Crippen LogP contribution in [0.15, 0.2) is 23.1 Å². The normalized spacial score (nSPS) is 13.2. The fourth-order valence-corrected chi connectivity index (χ4v) is 2.63. The van der Waals surface area contributed by atoms with E-state index in [1.165, 1.54) is 18.2 Å². The van der Waals surface area contributed by atoms with Crippen molar-refractivity contribution in [1.82, 2.24) is 0 Å². The van der Waals surface area contributed by atoms with Crippen molar-refractivity contribution in [3.05, 3.63) is 23.8 Å². The van der Waals surface area contributed by atoms with Gasteiger partial charge in [-0.15, -0.1) is 0 Å². The summed E-state index contributed by atoms with van der Waals surface area (Å²) in [7, 11) is -6.91. The summed E-state index contributed by atoms with van der Waals surface area (Å²) in [5.41, 5.74) is 0.281. The number of hydrogen-bond donors (Lipinski definition) is 1. The lowest BCUT2D eigenvalue weighted by molar-refractivity contribution is 0.330. The zero-order chi connectivity index (χ0) is 16.5. The number of ether oxygens (including phenoxy) is 1. The molecule has 0 aromatic heterocycles. The van der Waals surface area contributed by atoms with Crippen molar-refractivity contribution in [3.8, 4) is 5.75 Å². The van der Waals surface area contributed by atoms with Gasteiger partial charge in [-0.1, -0.05) is 20.8 Å². The van der Waals surface area contributed by atoms with Crippen LogP contribution < -0.4 is 9.88 Å². The maximum Gasteiger partial charge on any atom is 0.238 e.